The van der Waals surface area contributed by atoms with Gasteiger partial charge in [0.2, 0.25) is 5.91 Å². The Balaban J connectivity index is 4.47. The second-order valence-corrected chi connectivity index (χ2v) is 4.20. The van der Waals surface area contributed by atoms with Crippen molar-refractivity contribution in [1.82, 2.24) is 10.2 Å². The van der Waals surface area contributed by atoms with Crippen molar-refractivity contribution in [3.63, 3.8) is 0 Å². The van der Waals surface area contributed by atoms with Crippen LogP contribution in [0.5, 0.6) is 0 Å². The van der Waals surface area contributed by atoms with Gasteiger partial charge in [0.1, 0.15) is 0 Å². The highest BCUT2D eigenvalue weighted by Crippen LogP contribution is 2.29. The van der Waals surface area contributed by atoms with Crippen molar-refractivity contribution in [3.8, 4) is 0 Å². The molecule has 0 aliphatic carbocycles. The molecule has 6 nitrogen and oxygen atoms in total. The van der Waals surface area contributed by atoms with Crippen LogP contribution in [0.25, 0.3) is 0 Å². The quantitative estimate of drug-likeness (QED) is 0.644. The maximum atomic E-state index is 12.5. The summed E-state index contributed by atoms with van der Waals surface area (Å²) < 4.78 is 42.3. The van der Waals surface area contributed by atoms with Gasteiger partial charge in [0.15, 0.2) is 5.54 Å². The lowest BCUT2D eigenvalue weighted by Gasteiger charge is -2.30. The van der Waals surface area contributed by atoms with Crippen molar-refractivity contribution in [2.45, 2.75) is 18.6 Å². The van der Waals surface area contributed by atoms with Crippen molar-refractivity contribution in [2.24, 2.45) is 5.73 Å². The minimum atomic E-state index is -4.88. The molecule has 0 aromatic carbocycles. The van der Waals surface area contributed by atoms with Crippen LogP contribution < -0.4 is 11.1 Å². The average molecular weight is 285 g/mol. The molecule has 0 bridgehead atoms. The van der Waals surface area contributed by atoms with E-state index >= 15 is 0 Å². The van der Waals surface area contributed by atoms with Crippen LogP contribution in [0.4, 0.5) is 13.2 Å². The van der Waals surface area contributed by atoms with Crippen LogP contribution in [-0.4, -0.2) is 62.3 Å². The maximum Gasteiger partial charge on any atom is 0.415 e. The Labute approximate surface area is 109 Å². The van der Waals surface area contributed by atoms with Gasteiger partial charge in [-0.2, -0.15) is 13.2 Å². The van der Waals surface area contributed by atoms with Gasteiger partial charge in [-0.25, -0.2) is 0 Å². The monoisotopic (exact) mass is 285 g/mol. The van der Waals surface area contributed by atoms with E-state index in [1.807, 2.05) is 0 Å². The summed E-state index contributed by atoms with van der Waals surface area (Å²) in [6, 6.07) is 0. The molecule has 0 saturated heterocycles. The molecule has 1 atom stereocenters. The molecule has 0 radical (unpaired) electrons. The smallest absolute Gasteiger partial charge is 0.383 e. The fourth-order valence-corrected chi connectivity index (χ4v) is 1.15. The number of carbonyl (C=O) groups excluding carboxylic acids is 2. The number of hydrogen-bond donors (Lipinski definition) is 2. The fraction of sp³-hybridized carbons (Fsp3) is 0.800. The number of likely N-dealkylation sites (N-methyl/N-ethyl adjacent to an activating group) is 1. The van der Waals surface area contributed by atoms with Crippen molar-refractivity contribution in [3.05, 3.63) is 0 Å². The molecule has 1 unspecified atom stereocenters. The summed E-state index contributed by atoms with van der Waals surface area (Å²) in [5.41, 5.74) is 1.95. The van der Waals surface area contributed by atoms with Crippen molar-refractivity contribution < 1.29 is 27.5 Å². The number of amides is 2. The molecule has 0 aromatic heterocycles. The van der Waals surface area contributed by atoms with Crippen LogP contribution in [-0.2, 0) is 14.3 Å². The van der Waals surface area contributed by atoms with E-state index in [9.17, 15) is 22.8 Å². The van der Waals surface area contributed by atoms with Gasteiger partial charge >= 0.3 is 6.18 Å². The molecule has 0 spiro atoms. The standard InChI is InChI=1S/C10H18F3N3O3/c1-9(14,10(11,12)13)8(18)16(2)6-7(17)15-4-5-19-3/h4-6,14H2,1-3H3,(H,15,17). The number of halogens is 3. The van der Waals surface area contributed by atoms with Crippen molar-refractivity contribution in [2.75, 3.05) is 33.9 Å². The lowest BCUT2D eigenvalue weighted by molar-refractivity contribution is -0.193. The van der Waals surface area contributed by atoms with E-state index in [1.54, 1.807) is 0 Å². The Hall–Kier alpha value is -1.35. The van der Waals surface area contributed by atoms with Gasteiger partial charge < -0.3 is 20.7 Å². The Morgan fingerprint density at radius 1 is 1.37 bits per heavy atom. The molecule has 0 aliphatic heterocycles. The van der Waals surface area contributed by atoms with Gasteiger partial charge in [-0.1, -0.05) is 0 Å². The third kappa shape index (κ3) is 5.03. The predicted molar refractivity (Wildman–Crippen MR) is 61.2 cm³/mol. The lowest BCUT2D eigenvalue weighted by Crippen LogP contribution is -2.62. The first-order valence-electron chi connectivity index (χ1n) is 5.40. The normalized spacial score (nSPS) is 14.7. The van der Waals surface area contributed by atoms with Gasteiger partial charge in [-0.15, -0.1) is 0 Å². The number of alkyl halides is 3. The first kappa shape index (κ1) is 17.6. The maximum absolute atomic E-state index is 12.5. The topological polar surface area (TPSA) is 84.7 Å². The number of methoxy groups -OCH3 is 1. The number of nitrogens with two attached hydrogens (primary N) is 1. The van der Waals surface area contributed by atoms with Gasteiger partial charge in [-0.3, -0.25) is 9.59 Å². The zero-order valence-corrected chi connectivity index (χ0v) is 11.0. The molecule has 0 aliphatic rings. The second kappa shape index (κ2) is 6.71. The molecule has 19 heavy (non-hydrogen) atoms. The summed E-state index contributed by atoms with van der Waals surface area (Å²) in [5.74, 6) is -1.97. The predicted octanol–water partition coefficient (Wildman–Crippen LogP) is -0.513. The molecule has 0 rings (SSSR count). The average Bonchev–Trinajstić information content (AvgIpc) is 2.26. The molecule has 3 N–H and O–H groups in total. The summed E-state index contributed by atoms with van der Waals surface area (Å²) in [7, 11) is 2.51. The van der Waals surface area contributed by atoms with Crippen LogP contribution in [0.15, 0.2) is 0 Å². The van der Waals surface area contributed by atoms with E-state index < -0.39 is 30.1 Å². The third-order valence-electron chi connectivity index (χ3n) is 2.39. The Kier molecular flexibility index (Phi) is 6.23. The van der Waals surface area contributed by atoms with Gasteiger partial charge in [-0.05, 0) is 6.92 Å². The van der Waals surface area contributed by atoms with Gasteiger partial charge in [0.05, 0.1) is 13.2 Å². The lowest BCUT2D eigenvalue weighted by atomic mass is 10.0. The Morgan fingerprint density at radius 2 is 1.89 bits per heavy atom. The summed E-state index contributed by atoms with van der Waals surface area (Å²) >= 11 is 0. The largest absolute Gasteiger partial charge is 0.415 e. The van der Waals surface area contributed by atoms with Crippen LogP contribution in [0, 0.1) is 0 Å². The van der Waals surface area contributed by atoms with Crippen molar-refractivity contribution in [1.29, 1.82) is 0 Å². The van der Waals surface area contributed by atoms with Crippen LogP contribution in [0.1, 0.15) is 6.92 Å². The second-order valence-electron chi connectivity index (χ2n) is 4.20. The molecule has 0 aromatic rings. The minimum absolute atomic E-state index is 0.205. The Morgan fingerprint density at radius 3 is 2.32 bits per heavy atom. The van der Waals surface area contributed by atoms with Crippen LogP contribution in [0.2, 0.25) is 0 Å². The van der Waals surface area contributed by atoms with Crippen LogP contribution >= 0.6 is 0 Å². The van der Waals surface area contributed by atoms with Crippen LogP contribution in [0.3, 0.4) is 0 Å². The number of nitrogens with zero attached hydrogens (tertiary/aromatic N) is 1. The molecule has 0 saturated carbocycles. The van der Waals surface area contributed by atoms with E-state index in [4.69, 9.17) is 5.73 Å². The molecular weight excluding hydrogens is 267 g/mol. The number of hydrogen-bond acceptors (Lipinski definition) is 4. The zero-order valence-electron chi connectivity index (χ0n) is 11.0. The fourth-order valence-electron chi connectivity index (χ4n) is 1.15. The highest BCUT2D eigenvalue weighted by molar-refractivity contribution is 5.90. The van der Waals surface area contributed by atoms with Crippen molar-refractivity contribution >= 4 is 11.8 Å². The first-order valence-corrected chi connectivity index (χ1v) is 5.40. The van der Waals surface area contributed by atoms with E-state index in [1.165, 1.54) is 7.11 Å². The molecule has 2 amide bonds. The van der Waals surface area contributed by atoms with Gasteiger partial charge in [0, 0.05) is 20.7 Å². The first-order chi connectivity index (χ1) is 8.54. The summed E-state index contributed by atoms with van der Waals surface area (Å²) in [5, 5.41) is 2.38. The SMILES string of the molecule is COCCNC(=O)CN(C)C(=O)C(C)(N)C(F)(F)F. The number of rotatable bonds is 6. The molecule has 112 valence electrons. The number of nitrogens with one attached hydrogen (secondary N) is 1. The highest BCUT2D eigenvalue weighted by atomic mass is 19.4. The van der Waals surface area contributed by atoms with E-state index in [0.717, 1.165) is 7.05 Å². The summed E-state index contributed by atoms with van der Waals surface area (Å²) in [6.07, 6.45) is -4.88. The van der Waals surface area contributed by atoms with E-state index in [2.05, 4.69) is 10.1 Å². The molecule has 0 heterocycles. The molecule has 0 fully saturated rings. The zero-order chi connectivity index (χ0) is 15.3. The molecular formula is C10H18F3N3O3. The van der Waals surface area contributed by atoms with Gasteiger partial charge in [0.25, 0.3) is 5.91 Å². The summed E-state index contributed by atoms with van der Waals surface area (Å²) in [4.78, 5) is 23.5. The number of carbonyl (C=O) groups is 2. The third-order valence-corrected chi connectivity index (χ3v) is 2.39. The number of ether oxygens (including phenoxy) is 1. The highest BCUT2D eigenvalue weighted by Gasteiger charge is 2.55. The molecule has 9 heteroatoms. The Bertz CT molecular complexity index is 332. The van der Waals surface area contributed by atoms with E-state index in [0.29, 0.717) is 11.8 Å². The van der Waals surface area contributed by atoms with E-state index in [-0.39, 0.29) is 13.2 Å². The summed E-state index contributed by atoms with van der Waals surface area (Å²) in [6.45, 7) is 0.525. The minimum Gasteiger partial charge on any atom is -0.383 e.